The van der Waals surface area contributed by atoms with Gasteiger partial charge in [-0.05, 0) is 24.1 Å². The van der Waals surface area contributed by atoms with Crippen molar-refractivity contribution in [3.63, 3.8) is 0 Å². The average molecular weight is 261 g/mol. The van der Waals surface area contributed by atoms with Gasteiger partial charge in [-0.15, -0.1) is 0 Å². The van der Waals surface area contributed by atoms with E-state index in [0.717, 1.165) is 29.0 Å². The van der Waals surface area contributed by atoms with Crippen molar-refractivity contribution in [2.75, 3.05) is 19.5 Å². The monoisotopic (exact) mass is 261 g/mol. The number of nitrogens with zero attached hydrogens (tertiary/aromatic N) is 2. The lowest BCUT2D eigenvalue weighted by molar-refractivity contribution is 0.133. The SMILES string of the molecule is CCc1nc2cc(N)ccc2n1C(COC)C(C)C. The third kappa shape index (κ3) is 2.59. The summed E-state index contributed by atoms with van der Waals surface area (Å²) < 4.78 is 7.70. The molecule has 0 aliphatic carbocycles. The predicted octanol–water partition coefficient (Wildman–Crippen LogP) is 3.02. The Morgan fingerprint density at radius 3 is 2.68 bits per heavy atom. The number of anilines is 1. The molecule has 1 aromatic carbocycles. The highest BCUT2D eigenvalue weighted by Crippen LogP contribution is 2.27. The molecule has 1 heterocycles. The number of hydrogen-bond acceptors (Lipinski definition) is 3. The molecule has 2 rings (SSSR count). The lowest BCUT2D eigenvalue weighted by Gasteiger charge is -2.24. The molecule has 1 atom stereocenters. The van der Waals surface area contributed by atoms with Crippen molar-refractivity contribution >= 4 is 16.7 Å². The molecular weight excluding hydrogens is 238 g/mol. The maximum atomic E-state index is 5.85. The number of imidazole rings is 1. The lowest BCUT2D eigenvalue weighted by Crippen LogP contribution is -2.22. The quantitative estimate of drug-likeness (QED) is 0.842. The van der Waals surface area contributed by atoms with Crippen molar-refractivity contribution in [1.82, 2.24) is 9.55 Å². The van der Waals surface area contributed by atoms with Crippen molar-refractivity contribution in [2.24, 2.45) is 5.92 Å². The van der Waals surface area contributed by atoms with Gasteiger partial charge in [0.05, 0.1) is 23.7 Å². The average Bonchev–Trinajstić information content (AvgIpc) is 2.72. The molecule has 0 aliphatic heterocycles. The Bertz CT molecular complexity index is 560. The first-order valence-corrected chi connectivity index (χ1v) is 6.83. The molecule has 104 valence electrons. The van der Waals surface area contributed by atoms with Crippen molar-refractivity contribution in [2.45, 2.75) is 33.2 Å². The largest absolute Gasteiger partial charge is 0.399 e. The Morgan fingerprint density at radius 1 is 1.37 bits per heavy atom. The van der Waals surface area contributed by atoms with Gasteiger partial charge in [0.1, 0.15) is 5.82 Å². The molecule has 0 fully saturated rings. The summed E-state index contributed by atoms with van der Waals surface area (Å²) >= 11 is 0. The minimum Gasteiger partial charge on any atom is -0.399 e. The highest BCUT2D eigenvalue weighted by molar-refractivity contribution is 5.79. The zero-order chi connectivity index (χ0) is 14.0. The second-order valence-corrected chi connectivity index (χ2v) is 5.27. The van der Waals surface area contributed by atoms with Gasteiger partial charge in [0, 0.05) is 19.2 Å². The van der Waals surface area contributed by atoms with E-state index in [-0.39, 0.29) is 0 Å². The maximum absolute atomic E-state index is 5.85. The van der Waals surface area contributed by atoms with Crippen molar-refractivity contribution < 1.29 is 4.74 Å². The molecular formula is C15H23N3O. The molecule has 0 bridgehead atoms. The molecule has 1 aromatic heterocycles. The zero-order valence-corrected chi connectivity index (χ0v) is 12.2. The standard InChI is InChI=1S/C15H23N3O/c1-5-15-17-12-8-11(16)6-7-13(12)18(15)14(9-19-4)10(2)3/h6-8,10,14H,5,9,16H2,1-4H3. The Kier molecular flexibility index (Phi) is 4.10. The predicted molar refractivity (Wildman–Crippen MR) is 79.3 cm³/mol. The highest BCUT2D eigenvalue weighted by atomic mass is 16.5. The minimum absolute atomic E-state index is 0.300. The number of aryl methyl sites for hydroxylation is 1. The van der Waals surface area contributed by atoms with E-state index in [9.17, 15) is 0 Å². The van der Waals surface area contributed by atoms with E-state index in [2.05, 4.69) is 31.4 Å². The summed E-state index contributed by atoms with van der Waals surface area (Å²) in [5, 5.41) is 0. The molecule has 4 heteroatoms. The van der Waals surface area contributed by atoms with E-state index in [1.54, 1.807) is 7.11 Å². The van der Waals surface area contributed by atoms with Crippen LogP contribution in [0.1, 0.15) is 32.6 Å². The number of ether oxygens (including phenoxy) is 1. The van der Waals surface area contributed by atoms with Crippen LogP contribution in [0.2, 0.25) is 0 Å². The number of benzene rings is 1. The molecule has 1 unspecified atom stereocenters. The Balaban J connectivity index is 2.61. The summed E-state index contributed by atoms with van der Waals surface area (Å²) in [4.78, 5) is 4.70. The number of methoxy groups -OCH3 is 1. The first kappa shape index (κ1) is 13.9. The Labute approximate surface area is 114 Å². The van der Waals surface area contributed by atoms with Crippen molar-refractivity contribution in [3.05, 3.63) is 24.0 Å². The van der Waals surface area contributed by atoms with Gasteiger partial charge in [-0.3, -0.25) is 0 Å². The van der Waals surface area contributed by atoms with Gasteiger partial charge in [0.15, 0.2) is 0 Å². The topological polar surface area (TPSA) is 53.1 Å². The second kappa shape index (κ2) is 5.61. The molecule has 0 aliphatic rings. The van der Waals surface area contributed by atoms with Gasteiger partial charge >= 0.3 is 0 Å². The minimum atomic E-state index is 0.300. The van der Waals surface area contributed by atoms with Crippen LogP contribution in [0.15, 0.2) is 18.2 Å². The molecule has 0 saturated carbocycles. The number of nitrogens with two attached hydrogens (primary N) is 1. The summed E-state index contributed by atoms with van der Waals surface area (Å²) in [6.45, 7) is 7.25. The van der Waals surface area contributed by atoms with Crippen LogP contribution in [0.3, 0.4) is 0 Å². The summed E-state index contributed by atoms with van der Waals surface area (Å²) in [7, 11) is 1.75. The van der Waals surface area contributed by atoms with Crippen LogP contribution in [0.25, 0.3) is 11.0 Å². The molecule has 0 radical (unpaired) electrons. The van der Waals surface area contributed by atoms with Crippen molar-refractivity contribution in [3.8, 4) is 0 Å². The zero-order valence-electron chi connectivity index (χ0n) is 12.2. The van der Waals surface area contributed by atoms with Crippen LogP contribution in [0, 0.1) is 5.92 Å². The van der Waals surface area contributed by atoms with E-state index in [1.807, 2.05) is 12.1 Å². The number of aromatic nitrogens is 2. The van der Waals surface area contributed by atoms with E-state index in [4.69, 9.17) is 15.5 Å². The number of nitrogen functional groups attached to an aromatic ring is 1. The number of hydrogen-bond donors (Lipinski definition) is 1. The molecule has 0 spiro atoms. The van der Waals surface area contributed by atoms with Crippen LogP contribution < -0.4 is 5.73 Å². The highest BCUT2D eigenvalue weighted by Gasteiger charge is 2.21. The summed E-state index contributed by atoms with van der Waals surface area (Å²) in [5.41, 5.74) is 8.71. The van der Waals surface area contributed by atoms with E-state index in [0.29, 0.717) is 18.6 Å². The van der Waals surface area contributed by atoms with E-state index in [1.165, 1.54) is 0 Å². The van der Waals surface area contributed by atoms with Gasteiger partial charge in [0.25, 0.3) is 0 Å². The first-order chi connectivity index (χ1) is 9.08. The fourth-order valence-electron chi connectivity index (χ4n) is 2.52. The fraction of sp³-hybridized carbons (Fsp3) is 0.533. The van der Waals surface area contributed by atoms with Crippen LogP contribution in [0.5, 0.6) is 0 Å². The van der Waals surface area contributed by atoms with Gasteiger partial charge in [-0.2, -0.15) is 0 Å². The molecule has 4 nitrogen and oxygen atoms in total. The Hall–Kier alpha value is -1.55. The molecule has 0 amide bonds. The van der Waals surface area contributed by atoms with Crippen LogP contribution in [0.4, 0.5) is 5.69 Å². The molecule has 19 heavy (non-hydrogen) atoms. The van der Waals surface area contributed by atoms with Gasteiger partial charge in [-0.1, -0.05) is 20.8 Å². The molecule has 0 saturated heterocycles. The normalized spacial score (nSPS) is 13.3. The van der Waals surface area contributed by atoms with E-state index >= 15 is 0 Å². The maximum Gasteiger partial charge on any atom is 0.109 e. The molecule has 2 aromatic rings. The second-order valence-electron chi connectivity index (χ2n) is 5.27. The van der Waals surface area contributed by atoms with Gasteiger partial charge in [0.2, 0.25) is 0 Å². The smallest absolute Gasteiger partial charge is 0.109 e. The summed E-state index contributed by atoms with van der Waals surface area (Å²) in [6.07, 6.45) is 0.904. The summed E-state index contributed by atoms with van der Waals surface area (Å²) in [5.74, 6) is 1.58. The third-order valence-corrected chi connectivity index (χ3v) is 3.54. The fourth-order valence-corrected chi connectivity index (χ4v) is 2.52. The van der Waals surface area contributed by atoms with Gasteiger partial charge in [-0.25, -0.2) is 4.98 Å². The van der Waals surface area contributed by atoms with E-state index < -0.39 is 0 Å². The van der Waals surface area contributed by atoms with Crippen LogP contribution >= 0.6 is 0 Å². The first-order valence-electron chi connectivity index (χ1n) is 6.83. The Morgan fingerprint density at radius 2 is 2.11 bits per heavy atom. The van der Waals surface area contributed by atoms with Crippen LogP contribution in [-0.2, 0) is 11.2 Å². The number of rotatable bonds is 5. The third-order valence-electron chi connectivity index (χ3n) is 3.54. The summed E-state index contributed by atoms with van der Waals surface area (Å²) in [6, 6.07) is 6.23. The van der Waals surface area contributed by atoms with Gasteiger partial charge < -0.3 is 15.0 Å². The van der Waals surface area contributed by atoms with Crippen LogP contribution in [-0.4, -0.2) is 23.3 Å². The number of fused-ring (bicyclic) bond motifs is 1. The molecule has 2 N–H and O–H groups in total. The van der Waals surface area contributed by atoms with Crippen molar-refractivity contribution in [1.29, 1.82) is 0 Å². The lowest BCUT2D eigenvalue weighted by atomic mass is 10.0.